The number of aliphatic hydroxyl groups is 1. The van der Waals surface area contributed by atoms with E-state index in [0.717, 1.165) is 12.8 Å². The molecule has 0 aromatic rings. The zero-order valence-corrected chi connectivity index (χ0v) is 9.93. The molecule has 0 heterocycles. The fraction of sp³-hybridized carbons (Fsp3) is 0.769. The van der Waals surface area contributed by atoms with E-state index in [1.54, 1.807) is 0 Å². The highest BCUT2D eigenvalue weighted by molar-refractivity contribution is 5.74. The van der Waals surface area contributed by atoms with Gasteiger partial charge >= 0.3 is 5.97 Å². The molecular formula is C13H20O3. The summed E-state index contributed by atoms with van der Waals surface area (Å²) in [5.74, 6) is 0.483. The first-order valence-electron chi connectivity index (χ1n) is 6.12. The molecule has 0 spiro atoms. The van der Waals surface area contributed by atoms with Crippen LogP contribution >= 0.6 is 0 Å². The normalized spacial score (nSPS) is 36.0. The summed E-state index contributed by atoms with van der Waals surface area (Å²) in [6.45, 7) is 4.72. The predicted octanol–water partition coefficient (Wildman–Crippen LogP) is 1.76. The van der Waals surface area contributed by atoms with E-state index in [1.165, 1.54) is 0 Å². The monoisotopic (exact) mass is 224 g/mol. The van der Waals surface area contributed by atoms with Crippen LogP contribution in [0.15, 0.2) is 12.2 Å². The maximum Gasteiger partial charge on any atom is 0.309 e. The highest BCUT2D eigenvalue weighted by Gasteiger charge is 2.47. The van der Waals surface area contributed by atoms with Crippen molar-refractivity contribution in [1.29, 1.82) is 0 Å². The van der Waals surface area contributed by atoms with Gasteiger partial charge in [0.2, 0.25) is 0 Å². The van der Waals surface area contributed by atoms with Crippen LogP contribution in [0.3, 0.4) is 0 Å². The van der Waals surface area contributed by atoms with Gasteiger partial charge in [-0.15, -0.1) is 0 Å². The van der Waals surface area contributed by atoms with E-state index in [4.69, 9.17) is 4.74 Å². The molecule has 3 heteroatoms. The molecule has 90 valence electrons. The second-order valence-corrected chi connectivity index (χ2v) is 5.31. The molecule has 0 aromatic heterocycles. The van der Waals surface area contributed by atoms with Crippen LogP contribution in [0.5, 0.6) is 0 Å². The zero-order chi connectivity index (χ0) is 11.7. The summed E-state index contributed by atoms with van der Waals surface area (Å²) >= 11 is 0. The van der Waals surface area contributed by atoms with E-state index in [1.807, 2.05) is 12.2 Å². The predicted molar refractivity (Wildman–Crippen MR) is 60.6 cm³/mol. The number of carbonyl (C=O) groups is 1. The molecule has 2 rings (SSSR count). The Balaban J connectivity index is 1.81. The second-order valence-electron chi connectivity index (χ2n) is 5.31. The van der Waals surface area contributed by atoms with Crippen molar-refractivity contribution in [1.82, 2.24) is 0 Å². The van der Waals surface area contributed by atoms with Gasteiger partial charge in [-0.3, -0.25) is 4.79 Å². The molecule has 16 heavy (non-hydrogen) atoms. The van der Waals surface area contributed by atoms with Crippen molar-refractivity contribution >= 4 is 5.97 Å². The molecule has 0 aromatic carbocycles. The standard InChI is InChI=1S/C13H20O3/c1-8(2)5-6-16-13(15)11-7-9-3-4-10(11)12(9)14/h3-4,8-12,14H,5-7H2,1-2H3. The number of aliphatic hydroxyl groups excluding tert-OH is 1. The molecule has 0 saturated heterocycles. The first-order chi connectivity index (χ1) is 7.59. The maximum absolute atomic E-state index is 11.8. The van der Waals surface area contributed by atoms with E-state index in [-0.39, 0.29) is 29.8 Å². The van der Waals surface area contributed by atoms with Crippen molar-refractivity contribution in [2.45, 2.75) is 32.8 Å². The fourth-order valence-corrected chi connectivity index (χ4v) is 2.58. The summed E-state index contributed by atoms with van der Waals surface area (Å²) < 4.78 is 5.25. The van der Waals surface area contributed by atoms with Crippen LogP contribution in [0.1, 0.15) is 26.7 Å². The summed E-state index contributed by atoms with van der Waals surface area (Å²) in [5, 5.41) is 9.79. The van der Waals surface area contributed by atoms with Gasteiger partial charge in [0.25, 0.3) is 0 Å². The topological polar surface area (TPSA) is 46.5 Å². The van der Waals surface area contributed by atoms with Gasteiger partial charge in [-0.05, 0) is 18.8 Å². The maximum atomic E-state index is 11.8. The van der Waals surface area contributed by atoms with E-state index in [0.29, 0.717) is 12.5 Å². The van der Waals surface area contributed by atoms with Crippen LogP contribution in [0.25, 0.3) is 0 Å². The lowest BCUT2D eigenvalue weighted by atomic mass is 9.93. The van der Waals surface area contributed by atoms with Gasteiger partial charge in [0.05, 0.1) is 18.6 Å². The van der Waals surface area contributed by atoms with Crippen molar-refractivity contribution in [3.63, 3.8) is 0 Å². The minimum absolute atomic E-state index is 0.00319. The number of hydrogen-bond acceptors (Lipinski definition) is 3. The van der Waals surface area contributed by atoms with Crippen molar-refractivity contribution < 1.29 is 14.6 Å². The van der Waals surface area contributed by atoms with E-state index in [2.05, 4.69) is 13.8 Å². The van der Waals surface area contributed by atoms with Crippen molar-refractivity contribution in [3.05, 3.63) is 12.2 Å². The van der Waals surface area contributed by atoms with Crippen molar-refractivity contribution in [2.24, 2.45) is 23.7 Å². The van der Waals surface area contributed by atoms with Crippen LogP contribution in [-0.4, -0.2) is 23.8 Å². The molecule has 2 aliphatic rings. The lowest BCUT2D eigenvalue weighted by Crippen LogP contribution is -2.25. The van der Waals surface area contributed by atoms with Gasteiger partial charge in [0.15, 0.2) is 0 Å². The molecule has 1 fully saturated rings. The highest BCUT2D eigenvalue weighted by atomic mass is 16.5. The molecule has 1 saturated carbocycles. The molecule has 0 amide bonds. The summed E-state index contributed by atoms with van der Waals surface area (Å²) in [7, 11) is 0. The molecule has 4 unspecified atom stereocenters. The van der Waals surface area contributed by atoms with E-state index < -0.39 is 0 Å². The van der Waals surface area contributed by atoms with Gasteiger partial charge in [-0.1, -0.05) is 26.0 Å². The third kappa shape index (κ3) is 2.14. The summed E-state index contributed by atoms with van der Waals surface area (Å²) in [4.78, 5) is 11.8. The number of fused-ring (bicyclic) bond motifs is 2. The van der Waals surface area contributed by atoms with E-state index in [9.17, 15) is 9.90 Å². The molecule has 4 atom stereocenters. The first-order valence-corrected chi connectivity index (χ1v) is 6.12. The molecule has 3 nitrogen and oxygen atoms in total. The number of ether oxygens (including phenoxy) is 1. The zero-order valence-electron chi connectivity index (χ0n) is 9.93. The Hall–Kier alpha value is -0.830. The summed E-state index contributed by atoms with van der Waals surface area (Å²) in [6, 6.07) is 0. The van der Waals surface area contributed by atoms with Crippen LogP contribution in [0.2, 0.25) is 0 Å². The third-order valence-corrected chi connectivity index (χ3v) is 3.65. The molecule has 2 bridgehead atoms. The summed E-state index contributed by atoms with van der Waals surface area (Å²) in [6.07, 6.45) is 5.29. The minimum atomic E-state index is -0.359. The number of hydrogen-bond donors (Lipinski definition) is 1. The SMILES string of the molecule is CC(C)CCOC(=O)C1CC2C=CC1C2O. The third-order valence-electron chi connectivity index (χ3n) is 3.65. The van der Waals surface area contributed by atoms with Crippen LogP contribution < -0.4 is 0 Å². The number of esters is 1. The first kappa shape index (κ1) is 11.6. The molecule has 0 radical (unpaired) electrons. The number of rotatable bonds is 4. The highest BCUT2D eigenvalue weighted by Crippen LogP contribution is 2.44. The minimum Gasteiger partial charge on any atom is -0.465 e. The van der Waals surface area contributed by atoms with Crippen molar-refractivity contribution in [2.75, 3.05) is 6.61 Å². The quantitative estimate of drug-likeness (QED) is 0.584. The average Bonchev–Trinajstić information content (AvgIpc) is 2.73. The number of carbonyl (C=O) groups excluding carboxylic acids is 1. The van der Waals surface area contributed by atoms with Crippen LogP contribution in [0, 0.1) is 23.7 Å². The fourth-order valence-electron chi connectivity index (χ4n) is 2.58. The largest absolute Gasteiger partial charge is 0.465 e. The second kappa shape index (κ2) is 4.58. The molecule has 2 aliphatic carbocycles. The van der Waals surface area contributed by atoms with Gasteiger partial charge in [-0.2, -0.15) is 0 Å². The van der Waals surface area contributed by atoms with Crippen molar-refractivity contribution in [3.8, 4) is 0 Å². The van der Waals surface area contributed by atoms with Crippen LogP contribution in [-0.2, 0) is 9.53 Å². The van der Waals surface area contributed by atoms with Gasteiger partial charge < -0.3 is 9.84 Å². The Labute approximate surface area is 96.5 Å². The Bertz CT molecular complexity index is 296. The van der Waals surface area contributed by atoms with E-state index >= 15 is 0 Å². The van der Waals surface area contributed by atoms with Gasteiger partial charge in [-0.25, -0.2) is 0 Å². The Morgan fingerprint density at radius 3 is 2.75 bits per heavy atom. The molecule has 0 aliphatic heterocycles. The molecule has 1 N–H and O–H groups in total. The Morgan fingerprint density at radius 2 is 2.25 bits per heavy atom. The molecular weight excluding hydrogens is 204 g/mol. The average molecular weight is 224 g/mol. The lowest BCUT2D eigenvalue weighted by Gasteiger charge is -2.17. The smallest absolute Gasteiger partial charge is 0.309 e. The van der Waals surface area contributed by atoms with Gasteiger partial charge in [0, 0.05) is 11.8 Å². The lowest BCUT2D eigenvalue weighted by molar-refractivity contribution is -0.150. The van der Waals surface area contributed by atoms with Crippen LogP contribution in [0.4, 0.5) is 0 Å². The Morgan fingerprint density at radius 1 is 1.50 bits per heavy atom. The van der Waals surface area contributed by atoms with Gasteiger partial charge in [0.1, 0.15) is 0 Å². The Kier molecular flexibility index (Phi) is 3.33. The summed E-state index contributed by atoms with van der Waals surface area (Å²) in [5.41, 5.74) is 0.